The molecule has 3 nitrogen and oxygen atoms in total. The summed E-state index contributed by atoms with van der Waals surface area (Å²) in [6.07, 6.45) is 9.03. The van der Waals surface area contributed by atoms with Crippen LogP contribution in [-0.4, -0.2) is 18.1 Å². The van der Waals surface area contributed by atoms with Crippen LogP contribution < -0.4 is 10.6 Å². The van der Waals surface area contributed by atoms with Crippen molar-refractivity contribution in [1.29, 1.82) is 0 Å². The summed E-state index contributed by atoms with van der Waals surface area (Å²) in [4.78, 5) is 6.55. The molecule has 2 rings (SSSR count). The van der Waals surface area contributed by atoms with Gasteiger partial charge in [-0.05, 0) is 37.7 Å². The van der Waals surface area contributed by atoms with Crippen molar-refractivity contribution >= 4 is 5.69 Å². The van der Waals surface area contributed by atoms with E-state index in [0.29, 0.717) is 12.6 Å². The number of anilines is 1. The average molecular weight is 233 g/mol. The first-order chi connectivity index (χ1) is 8.22. The third-order valence-electron chi connectivity index (χ3n) is 4.01. The predicted molar refractivity (Wildman–Crippen MR) is 72.0 cm³/mol. The van der Waals surface area contributed by atoms with Crippen LogP contribution in [0.2, 0.25) is 0 Å². The van der Waals surface area contributed by atoms with Gasteiger partial charge in [0.15, 0.2) is 0 Å². The highest BCUT2D eigenvalue weighted by molar-refractivity contribution is 5.52. The van der Waals surface area contributed by atoms with Gasteiger partial charge in [0.2, 0.25) is 0 Å². The molecule has 0 radical (unpaired) electrons. The van der Waals surface area contributed by atoms with Gasteiger partial charge in [0, 0.05) is 43.3 Å². The van der Waals surface area contributed by atoms with Crippen molar-refractivity contribution < 1.29 is 0 Å². The molecule has 0 aliphatic heterocycles. The standard InChI is InChI=1S/C14H23N3/c1-11-3-5-13(6-4-11)17(2)14-7-8-16-10-12(14)9-15/h7-8,10-11,13H,3-6,9,15H2,1-2H3. The summed E-state index contributed by atoms with van der Waals surface area (Å²) < 4.78 is 0. The minimum Gasteiger partial charge on any atom is -0.371 e. The van der Waals surface area contributed by atoms with Crippen LogP contribution in [0, 0.1) is 5.92 Å². The number of rotatable bonds is 3. The molecule has 1 fully saturated rings. The SMILES string of the molecule is CC1CCC(N(C)c2ccncc2CN)CC1. The Hall–Kier alpha value is -1.09. The highest BCUT2D eigenvalue weighted by Gasteiger charge is 2.22. The fourth-order valence-corrected chi connectivity index (χ4v) is 2.75. The van der Waals surface area contributed by atoms with Crippen LogP contribution in [0.4, 0.5) is 5.69 Å². The number of pyridine rings is 1. The molecule has 1 aliphatic carbocycles. The molecule has 0 bridgehead atoms. The van der Waals surface area contributed by atoms with Crippen molar-refractivity contribution in [1.82, 2.24) is 4.98 Å². The number of hydrogen-bond donors (Lipinski definition) is 1. The van der Waals surface area contributed by atoms with E-state index < -0.39 is 0 Å². The third kappa shape index (κ3) is 2.78. The summed E-state index contributed by atoms with van der Waals surface area (Å²) in [6.45, 7) is 2.92. The van der Waals surface area contributed by atoms with Gasteiger partial charge in [-0.25, -0.2) is 0 Å². The van der Waals surface area contributed by atoms with Crippen LogP contribution in [0.15, 0.2) is 18.5 Å². The first-order valence-corrected chi connectivity index (χ1v) is 6.58. The average Bonchev–Trinajstić information content (AvgIpc) is 2.39. The van der Waals surface area contributed by atoms with Gasteiger partial charge in [-0.1, -0.05) is 6.92 Å². The molecule has 0 atom stereocenters. The Morgan fingerprint density at radius 2 is 2.06 bits per heavy atom. The number of aromatic nitrogens is 1. The lowest BCUT2D eigenvalue weighted by molar-refractivity contribution is 0.340. The molecule has 1 aromatic rings. The highest BCUT2D eigenvalue weighted by Crippen LogP contribution is 2.30. The maximum Gasteiger partial charge on any atom is 0.0442 e. The molecule has 0 amide bonds. The number of nitrogens with two attached hydrogens (primary N) is 1. The predicted octanol–water partition coefficient (Wildman–Crippen LogP) is 2.56. The summed E-state index contributed by atoms with van der Waals surface area (Å²) in [6, 6.07) is 2.75. The van der Waals surface area contributed by atoms with Gasteiger partial charge in [-0.2, -0.15) is 0 Å². The monoisotopic (exact) mass is 233 g/mol. The lowest BCUT2D eigenvalue weighted by Gasteiger charge is -2.35. The van der Waals surface area contributed by atoms with E-state index >= 15 is 0 Å². The summed E-state index contributed by atoms with van der Waals surface area (Å²) in [7, 11) is 2.19. The normalized spacial score (nSPS) is 24.6. The maximum atomic E-state index is 5.77. The Morgan fingerprint density at radius 1 is 1.35 bits per heavy atom. The minimum atomic E-state index is 0.566. The van der Waals surface area contributed by atoms with Crippen molar-refractivity contribution in [3.8, 4) is 0 Å². The van der Waals surface area contributed by atoms with Gasteiger partial charge >= 0.3 is 0 Å². The van der Waals surface area contributed by atoms with Crippen LogP contribution >= 0.6 is 0 Å². The molecule has 1 aliphatic rings. The van der Waals surface area contributed by atoms with E-state index in [0.717, 1.165) is 11.5 Å². The largest absolute Gasteiger partial charge is 0.371 e. The first kappa shape index (κ1) is 12.4. The zero-order valence-corrected chi connectivity index (χ0v) is 10.9. The van der Waals surface area contributed by atoms with Crippen molar-refractivity contribution in [2.45, 2.75) is 45.2 Å². The van der Waals surface area contributed by atoms with Crippen molar-refractivity contribution in [2.24, 2.45) is 11.7 Å². The molecule has 2 N–H and O–H groups in total. The van der Waals surface area contributed by atoms with Crippen molar-refractivity contribution in [2.75, 3.05) is 11.9 Å². The third-order valence-corrected chi connectivity index (χ3v) is 4.01. The lowest BCUT2D eigenvalue weighted by Crippen LogP contribution is -2.35. The van der Waals surface area contributed by atoms with Gasteiger partial charge in [0.1, 0.15) is 0 Å². The Morgan fingerprint density at radius 3 is 2.71 bits per heavy atom. The molecule has 0 unspecified atom stereocenters. The van der Waals surface area contributed by atoms with E-state index in [1.807, 2.05) is 12.4 Å². The van der Waals surface area contributed by atoms with Gasteiger partial charge in [-0.3, -0.25) is 4.98 Å². The second-order valence-corrected chi connectivity index (χ2v) is 5.23. The molecule has 1 saturated carbocycles. The Labute approximate surface area is 104 Å². The van der Waals surface area contributed by atoms with Crippen molar-refractivity contribution in [3.05, 3.63) is 24.0 Å². The zero-order chi connectivity index (χ0) is 12.3. The second kappa shape index (κ2) is 5.50. The number of hydrogen-bond acceptors (Lipinski definition) is 3. The molecule has 17 heavy (non-hydrogen) atoms. The van der Waals surface area contributed by atoms with E-state index in [-0.39, 0.29) is 0 Å². The zero-order valence-electron chi connectivity index (χ0n) is 10.9. The summed E-state index contributed by atoms with van der Waals surface area (Å²) in [5, 5.41) is 0. The molecule has 1 aromatic heterocycles. The topological polar surface area (TPSA) is 42.2 Å². The molecule has 94 valence electrons. The van der Waals surface area contributed by atoms with E-state index in [1.54, 1.807) is 0 Å². The molecule has 0 saturated heterocycles. The molecular weight excluding hydrogens is 210 g/mol. The Kier molecular flexibility index (Phi) is 4.00. The van der Waals surface area contributed by atoms with E-state index in [4.69, 9.17) is 5.73 Å². The van der Waals surface area contributed by atoms with Gasteiger partial charge in [-0.15, -0.1) is 0 Å². The molecule has 1 heterocycles. The summed E-state index contributed by atoms with van der Waals surface area (Å²) in [5.41, 5.74) is 8.17. The van der Waals surface area contributed by atoms with E-state index in [2.05, 4.69) is 29.9 Å². The van der Waals surface area contributed by atoms with E-state index in [1.165, 1.54) is 31.4 Å². The van der Waals surface area contributed by atoms with Gasteiger partial charge < -0.3 is 10.6 Å². The summed E-state index contributed by atoms with van der Waals surface area (Å²) in [5.74, 6) is 0.895. The second-order valence-electron chi connectivity index (χ2n) is 5.23. The van der Waals surface area contributed by atoms with Crippen LogP contribution in [0.25, 0.3) is 0 Å². The van der Waals surface area contributed by atoms with Gasteiger partial charge in [0.05, 0.1) is 0 Å². The quantitative estimate of drug-likeness (QED) is 0.872. The van der Waals surface area contributed by atoms with Gasteiger partial charge in [0.25, 0.3) is 0 Å². The number of nitrogens with zero attached hydrogens (tertiary/aromatic N) is 2. The Bertz CT molecular complexity index is 356. The van der Waals surface area contributed by atoms with Crippen LogP contribution in [0.5, 0.6) is 0 Å². The molecule has 0 aromatic carbocycles. The smallest absolute Gasteiger partial charge is 0.0442 e. The fourth-order valence-electron chi connectivity index (χ4n) is 2.75. The molecule has 0 spiro atoms. The molecular formula is C14H23N3. The fraction of sp³-hybridized carbons (Fsp3) is 0.643. The van der Waals surface area contributed by atoms with Crippen LogP contribution in [-0.2, 0) is 6.54 Å². The Balaban J connectivity index is 2.10. The highest BCUT2D eigenvalue weighted by atomic mass is 15.1. The summed E-state index contributed by atoms with van der Waals surface area (Å²) >= 11 is 0. The maximum absolute atomic E-state index is 5.77. The minimum absolute atomic E-state index is 0.566. The lowest BCUT2D eigenvalue weighted by atomic mass is 9.86. The van der Waals surface area contributed by atoms with E-state index in [9.17, 15) is 0 Å². The van der Waals surface area contributed by atoms with Crippen LogP contribution in [0.3, 0.4) is 0 Å². The van der Waals surface area contributed by atoms with Crippen LogP contribution in [0.1, 0.15) is 38.2 Å². The molecule has 3 heteroatoms. The van der Waals surface area contributed by atoms with Crippen molar-refractivity contribution in [3.63, 3.8) is 0 Å². The first-order valence-electron chi connectivity index (χ1n) is 6.58.